The lowest BCUT2D eigenvalue weighted by molar-refractivity contribution is -0.122. The summed E-state index contributed by atoms with van der Waals surface area (Å²) in [6.45, 7) is 3.31. The number of anilines is 1. The van der Waals surface area contributed by atoms with Crippen molar-refractivity contribution in [1.29, 1.82) is 0 Å². The van der Waals surface area contributed by atoms with Crippen molar-refractivity contribution in [3.8, 4) is 5.75 Å². The molecular weight excluding hydrogens is 313 g/mol. The van der Waals surface area contributed by atoms with Crippen LogP contribution in [0.25, 0.3) is 0 Å². The zero-order valence-electron chi connectivity index (χ0n) is 13.6. The van der Waals surface area contributed by atoms with E-state index < -0.39 is 23.8 Å². The van der Waals surface area contributed by atoms with Crippen LogP contribution in [0, 0.1) is 12.7 Å². The Labute approximate surface area is 139 Å². The van der Waals surface area contributed by atoms with E-state index in [1.165, 1.54) is 31.4 Å². The minimum atomic E-state index is -0.838. The number of rotatable bonds is 5. The van der Waals surface area contributed by atoms with Gasteiger partial charge in [0.2, 0.25) is 0 Å². The van der Waals surface area contributed by atoms with Gasteiger partial charge in [-0.3, -0.25) is 4.79 Å². The molecule has 0 radical (unpaired) electrons. The maximum atomic E-state index is 13.8. The van der Waals surface area contributed by atoms with Crippen LogP contribution in [-0.4, -0.2) is 25.1 Å². The molecule has 0 saturated heterocycles. The first-order chi connectivity index (χ1) is 11.4. The third kappa shape index (κ3) is 4.32. The number of carbonyl (C=O) groups is 2. The smallest absolute Gasteiger partial charge is 0.337 e. The highest BCUT2D eigenvalue weighted by atomic mass is 19.1. The van der Waals surface area contributed by atoms with Crippen molar-refractivity contribution in [2.24, 2.45) is 0 Å². The van der Waals surface area contributed by atoms with Crippen molar-refractivity contribution in [2.45, 2.75) is 20.0 Å². The normalized spacial score (nSPS) is 11.5. The van der Waals surface area contributed by atoms with Gasteiger partial charge in [0.1, 0.15) is 11.6 Å². The predicted octanol–water partition coefficient (Wildman–Crippen LogP) is 3.33. The van der Waals surface area contributed by atoms with Gasteiger partial charge in [-0.2, -0.15) is 0 Å². The largest absolute Gasteiger partial charge is 0.481 e. The van der Waals surface area contributed by atoms with Gasteiger partial charge in [0.15, 0.2) is 6.10 Å². The molecule has 24 heavy (non-hydrogen) atoms. The van der Waals surface area contributed by atoms with E-state index in [0.29, 0.717) is 11.3 Å². The molecule has 6 heteroatoms. The van der Waals surface area contributed by atoms with E-state index in [1.807, 2.05) is 0 Å². The monoisotopic (exact) mass is 331 g/mol. The molecule has 0 aliphatic carbocycles. The molecule has 1 unspecified atom stereocenters. The van der Waals surface area contributed by atoms with Gasteiger partial charge in [-0.1, -0.05) is 6.07 Å². The first kappa shape index (κ1) is 17.5. The number of aryl methyl sites for hydroxylation is 1. The molecule has 0 saturated carbocycles. The maximum Gasteiger partial charge on any atom is 0.337 e. The second-order valence-corrected chi connectivity index (χ2v) is 5.25. The van der Waals surface area contributed by atoms with E-state index in [0.717, 1.165) is 5.56 Å². The molecule has 0 aromatic heterocycles. The summed E-state index contributed by atoms with van der Waals surface area (Å²) in [5.41, 5.74) is 1.24. The fraction of sp³-hybridized carbons (Fsp3) is 0.222. The number of esters is 1. The van der Waals surface area contributed by atoms with E-state index in [1.54, 1.807) is 32.0 Å². The van der Waals surface area contributed by atoms with Crippen molar-refractivity contribution >= 4 is 17.6 Å². The Morgan fingerprint density at radius 3 is 2.38 bits per heavy atom. The number of hydrogen-bond donors (Lipinski definition) is 1. The lowest BCUT2D eigenvalue weighted by Crippen LogP contribution is -2.30. The lowest BCUT2D eigenvalue weighted by Gasteiger charge is -2.15. The minimum Gasteiger partial charge on any atom is -0.481 e. The van der Waals surface area contributed by atoms with Crippen molar-refractivity contribution < 1.29 is 23.5 Å². The van der Waals surface area contributed by atoms with Crippen LogP contribution in [0.3, 0.4) is 0 Å². The van der Waals surface area contributed by atoms with E-state index >= 15 is 0 Å². The summed E-state index contributed by atoms with van der Waals surface area (Å²) >= 11 is 0. The summed E-state index contributed by atoms with van der Waals surface area (Å²) in [6, 6.07) is 10.7. The second kappa shape index (κ2) is 7.59. The van der Waals surface area contributed by atoms with E-state index in [-0.39, 0.29) is 5.69 Å². The van der Waals surface area contributed by atoms with Gasteiger partial charge in [0, 0.05) is 0 Å². The fourth-order valence-corrected chi connectivity index (χ4v) is 2.00. The molecule has 2 aromatic carbocycles. The van der Waals surface area contributed by atoms with E-state index in [2.05, 4.69) is 10.1 Å². The first-order valence-corrected chi connectivity index (χ1v) is 7.32. The van der Waals surface area contributed by atoms with Crippen LogP contribution in [0.4, 0.5) is 10.1 Å². The summed E-state index contributed by atoms with van der Waals surface area (Å²) in [4.78, 5) is 23.5. The summed E-state index contributed by atoms with van der Waals surface area (Å²) in [5.74, 6) is -1.02. The predicted molar refractivity (Wildman–Crippen MR) is 87.6 cm³/mol. The molecule has 0 aliphatic rings. The Morgan fingerprint density at radius 2 is 1.79 bits per heavy atom. The molecule has 1 atom stereocenters. The zero-order chi connectivity index (χ0) is 17.7. The Balaban J connectivity index is 1.99. The summed E-state index contributed by atoms with van der Waals surface area (Å²) in [6.07, 6.45) is -0.838. The van der Waals surface area contributed by atoms with Crippen LogP contribution in [0.2, 0.25) is 0 Å². The number of methoxy groups -OCH3 is 1. The van der Waals surface area contributed by atoms with Crippen molar-refractivity contribution in [3.05, 3.63) is 59.4 Å². The molecule has 0 aliphatic heterocycles. The van der Waals surface area contributed by atoms with Gasteiger partial charge in [-0.15, -0.1) is 0 Å². The Bertz CT molecular complexity index is 743. The van der Waals surface area contributed by atoms with Crippen molar-refractivity contribution in [2.75, 3.05) is 12.4 Å². The van der Waals surface area contributed by atoms with Crippen LogP contribution in [0.1, 0.15) is 22.8 Å². The molecule has 0 fully saturated rings. The topological polar surface area (TPSA) is 64.6 Å². The van der Waals surface area contributed by atoms with Gasteiger partial charge in [0.05, 0.1) is 18.4 Å². The van der Waals surface area contributed by atoms with Gasteiger partial charge >= 0.3 is 5.97 Å². The summed E-state index contributed by atoms with van der Waals surface area (Å²) in [7, 11) is 1.30. The average Bonchev–Trinajstić information content (AvgIpc) is 2.57. The summed E-state index contributed by atoms with van der Waals surface area (Å²) < 4.78 is 23.9. The van der Waals surface area contributed by atoms with Crippen LogP contribution < -0.4 is 10.1 Å². The van der Waals surface area contributed by atoms with Crippen LogP contribution in [-0.2, 0) is 9.53 Å². The van der Waals surface area contributed by atoms with E-state index in [9.17, 15) is 14.0 Å². The number of benzene rings is 2. The maximum absolute atomic E-state index is 13.8. The molecule has 126 valence electrons. The van der Waals surface area contributed by atoms with Crippen LogP contribution in [0.15, 0.2) is 42.5 Å². The standard InChI is InChI=1S/C18H18FNO4/c1-11-4-9-16(15(19)10-11)20-17(21)12(2)24-14-7-5-13(6-8-14)18(22)23-3/h4-10,12H,1-3H3,(H,20,21). The lowest BCUT2D eigenvalue weighted by atomic mass is 10.2. The van der Waals surface area contributed by atoms with Gasteiger partial charge < -0.3 is 14.8 Å². The zero-order valence-corrected chi connectivity index (χ0v) is 13.6. The number of carbonyl (C=O) groups excluding carboxylic acids is 2. The Kier molecular flexibility index (Phi) is 5.52. The van der Waals surface area contributed by atoms with E-state index in [4.69, 9.17) is 4.74 Å². The Hall–Kier alpha value is -2.89. The molecule has 5 nitrogen and oxygen atoms in total. The molecular formula is C18H18FNO4. The molecule has 2 rings (SSSR count). The first-order valence-electron chi connectivity index (χ1n) is 7.32. The molecule has 0 heterocycles. The average molecular weight is 331 g/mol. The number of halogens is 1. The van der Waals surface area contributed by atoms with Gasteiger partial charge in [-0.05, 0) is 55.8 Å². The van der Waals surface area contributed by atoms with Gasteiger partial charge in [0.25, 0.3) is 5.91 Å². The number of nitrogens with one attached hydrogen (secondary N) is 1. The molecule has 1 amide bonds. The van der Waals surface area contributed by atoms with Crippen molar-refractivity contribution in [3.63, 3.8) is 0 Å². The third-order valence-electron chi connectivity index (χ3n) is 3.34. The van der Waals surface area contributed by atoms with Crippen LogP contribution in [0.5, 0.6) is 5.75 Å². The Morgan fingerprint density at radius 1 is 1.12 bits per heavy atom. The highest BCUT2D eigenvalue weighted by Crippen LogP contribution is 2.18. The number of ether oxygens (including phenoxy) is 2. The van der Waals surface area contributed by atoms with Crippen LogP contribution >= 0.6 is 0 Å². The number of hydrogen-bond acceptors (Lipinski definition) is 4. The molecule has 2 aromatic rings. The minimum absolute atomic E-state index is 0.0992. The highest BCUT2D eigenvalue weighted by Gasteiger charge is 2.17. The fourth-order valence-electron chi connectivity index (χ4n) is 2.00. The number of amides is 1. The third-order valence-corrected chi connectivity index (χ3v) is 3.34. The quantitative estimate of drug-likeness (QED) is 0.854. The highest BCUT2D eigenvalue weighted by molar-refractivity contribution is 5.94. The molecule has 0 bridgehead atoms. The molecule has 0 spiro atoms. The summed E-state index contributed by atoms with van der Waals surface area (Å²) in [5, 5.41) is 2.48. The SMILES string of the molecule is COC(=O)c1ccc(OC(C)C(=O)Nc2ccc(C)cc2F)cc1. The van der Waals surface area contributed by atoms with Gasteiger partial charge in [-0.25, -0.2) is 9.18 Å². The van der Waals surface area contributed by atoms with Crippen molar-refractivity contribution in [1.82, 2.24) is 0 Å². The molecule has 1 N–H and O–H groups in total. The second-order valence-electron chi connectivity index (χ2n) is 5.25.